The van der Waals surface area contributed by atoms with Crippen LogP contribution in [0.15, 0.2) is 29.2 Å². The van der Waals surface area contributed by atoms with Gasteiger partial charge in [-0.1, -0.05) is 12.5 Å². The van der Waals surface area contributed by atoms with E-state index in [0.29, 0.717) is 6.54 Å². The Morgan fingerprint density at radius 1 is 1.35 bits per heavy atom. The van der Waals surface area contributed by atoms with Crippen LogP contribution in [0, 0.1) is 5.82 Å². The second kappa shape index (κ2) is 4.74. The summed E-state index contributed by atoms with van der Waals surface area (Å²) >= 11 is 0. The van der Waals surface area contributed by atoms with Crippen molar-refractivity contribution in [1.82, 2.24) is 4.31 Å². The summed E-state index contributed by atoms with van der Waals surface area (Å²) in [4.78, 5) is 0.0475. The lowest BCUT2D eigenvalue weighted by Crippen LogP contribution is -2.41. The summed E-state index contributed by atoms with van der Waals surface area (Å²) in [5, 5.41) is 0. The summed E-state index contributed by atoms with van der Waals surface area (Å²) < 4.78 is 39.2. The minimum atomic E-state index is -3.54. The molecule has 1 unspecified atom stereocenters. The molecule has 0 amide bonds. The van der Waals surface area contributed by atoms with E-state index in [1.54, 1.807) is 0 Å². The molecule has 17 heavy (non-hydrogen) atoms. The molecule has 0 aliphatic carbocycles. The van der Waals surface area contributed by atoms with Gasteiger partial charge in [0, 0.05) is 12.6 Å². The fourth-order valence-corrected chi connectivity index (χ4v) is 3.92. The zero-order valence-electron chi connectivity index (χ0n) is 9.77. The van der Waals surface area contributed by atoms with Crippen molar-refractivity contribution in [2.24, 2.45) is 0 Å². The number of hydrogen-bond donors (Lipinski definition) is 0. The molecular weight excluding hydrogens is 241 g/mol. The van der Waals surface area contributed by atoms with Crippen molar-refractivity contribution in [1.29, 1.82) is 0 Å². The van der Waals surface area contributed by atoms with Crippen LogP contribution in [0.4, 0.5) is 4.39 Å². The molecule has 0 aromatic heterocycles. The van der Waals surface area contributed by atoms with Crippen molar-refractivity contribution in [3.8, 4) is 0 Å². The molecule has 0 radical (unpaired) electrons. The van der Waals surface area contributed by atoms with Crippen LogP contribution in [-0.4, -0.2) is 25.3 Å². The maximum Gasteiger partial charge on any atom is 0.243 e. The topological polar surface area (TPSA) is 37.4 Å². The molecule has 2 rings (SSSR count). The number of nitrogens with zero attached hydrogens (tertiary/aromatic N) is 1. The Labute approximate surface area is 101 Å². The second-order valence-electron chi connectivity index (χ2n) is 4.42. The Kier molecular flexibility index (Phi) is 3.49. The van der Waals surface area contributed by atoms with Crippen molar-refractivity contribution in [2.75, 3.05) is 6.54 Å². The van der Waals surface area contributed by atoms with Crippen LogP contribution in [0.2, 0.25) is 0 Å². The number of piperidine rings is 1. The van der Waals surface area contributed by atoms with Crippen LogP contribution < -0.4 is 0 Å². The van der Waals surface area contributed by atoms with E-state index >= 15 is 0 Å². The predicted molar refractivity (Wildman–Crippen MR) is 63.6 cm³/mol. The first-order valence-corrected chi connectivity index (χ1v) is 7.23. The van der Waals surface area contributed by atoms with Crippen molar-refractivity contribution in [3.05, 3.63) is 30.1 Å². The predicted octanol–water partition coefficient (Wildman–Crippen LogP) is 2.39. The number of rotatable bonds is 2. The molecule has 0 N–H and O–H groups in total. The van der Waals surface area contributed by atoms with Gasteiger partial charge in [0.25, 0.3) is 0 Å². The smallest absolute Gasteiger partial charge is 0.207 e. The third-order valence-corrected chi connectivity index (χ3v) is 5.15. The zero-order valence-corrected chi connectivity index (χ0v) is 10.6. The SMILES string of the molecule is CC1CCCCN1S(=O)(=O)c1cccc(F)c1. The molecule has 1 fully saturated rings. The van der Waals surface area contributed by atoms with Gasteiger partial charge in [0.05, 0.1) is 4.90 Å². The van der Waals surface area contributed by atoms with E-state index in [-0.39, 0.29) is 10.9 Å². The third kappa shape index (κ3) is 2.50. The van der Waals surface area contributed by atoms with Crippen molar-refractivity contribution in [3.63, 3.8) is 0 Å². The molecule has 5 heteroatoms. The summed E-state index contributed by atoms with van der Waals surface area (Å²) in [5.74, 6) is -0.518. The summed E-state index contributed by atoms with van der Waals surface area (Å²) in [6, 6.07) is 5.20. The fourth-order valence-electron chi connectivity index (χ4n) is 2.19. The first-order valence-electron chi connectivity index (χ1n) is 5.79. The zero-order chi connectivity index (χ0) is 12.5. The summed E-state index contributed by atoms with van der Waals surface area (Å²) in [6.07, 6.45) is 2.80. The van der Waals surface area contributed by atoms with Crippen LogP contribution >= 0.6 is 0 Å². The van der Waals surface area contributed by atoms with Crippen molar-refractivity contribution >= 4 is 10.0 Å². The van der Waals surface area contributed by atoms with Crippen LogP contribution in [0.25, 0.3) is 0 Å². The molecule has 1 aliphatic rings. The third-order valence-electron chi connectivity index (χ3n) is 3.14. The maximum atomic E-state index is 13.1. The van der Waals surface area contributed by atoms with Gasteiger partial charge in [0.2, 0.25) is 10.0 Å². The van der Waals surface area contributed by atoms with Gasteiger partial charge in [-0.25, -0.2) is 12.8 Å². The average molecular weight is 257 g/mol. The minimum absolute atomic E-state index is 0.00276. The quantitative estimate of drug-likeness (QED) is 0.815. The molecule has 1 saturated heterocycles. The van der Waals surface area contributed by atoms with Crippen LogP contribution in [0.1, 0.15) is 26.2 Å². The van der Waals surface area contributed by atoms with Crippen molar-refractivity contribution < 1.29 is 12.8 Å². The second-order valence-corrected chi connectivity index (χ2v) is 6.31. The molecule has 94 valence electrons. The highest BCUT2D eigenvalue weighted by molar-refractivity contribution is 7.89. The molecule has 0 spiro atoms. The van der Waals surface area contributed by atoms with Gasteiger partial charge in [-0.3, -0.25) is 0 Å². The van der Waals surface area contributed by atoms with Gasteiger partial charge in [-0.15, -0.1) is 0 Å². The van der Waals surface area contributed by atoms with E-state index in [0.717, 1.165) is 25.3 Å². The normalized spacial score (nSPS) is 22.6. The Morgan fingerprint density at radius 3 is 2.76 bits per heavy atom. The Balaban J connectivity index is 2.35. The minimum Gasteiger partial charge on any atom is -0.207 e. The highest BCUT2D eigenvalue weighted by atomic mass is 32.2. The summed E-state index contributed by atoms with van der Waals surface area (Å²) in [5.41, 5.74) is 0. The summed E-state index contributed by atoms with van der Waals surface area (Å²) in [6.45, 7) is 2.43. The monoisotopic (exact) mass is 257 g/mol. The highest BCUT2D eigenvalue weighted by Crippen LogP contribution is 2.25. The Hall–Kier alpha value is -0.940. The molecule has 1 atom stereocenters. The number of halogens is 1. The number of benzene rings is 1. The van der Waals surface area contributed by atoms with Gasteiger partial charge in [-0.2, -0.15) is 4.31 Å². The van der Waals surface area contributed by atoms with Crippen LogP contribution in [0.3, 0.4) is 0 Å². The van der Waals surface area contributed by atoms with Gasteiger partial charge in [0.15, 0.2) is 0 Å². The van der Waals surface area contributed by atoms with Gasteiger partial charge in [0.1, 0.15) is 5.82 Å². The van der Waals surface area contributed by atoms with Crippen LogP contribution in [0.5, 0.6) is 0 Å². The molecule has 1 aromatic rings. The average Bonchev–Trinajstić information content (AvgIpc) is 2.29. The molecule has 1 aromatic carbocycles. The number of hydrogen-bond acceptors (Lipinski definition) is 2. The van der Waals surface area contributed by atoms with E-state index in [1.807, 2.05) is 6.92 Å². The van der Waals surface area contributed by atoms with Gasteiger partial charge in [-0.05, 0) is 38.0 Å². The lowest BCUT2D eigenvalue weighted by Gasteiger charge is -2.32. The summed E-state index contributed by atoms with van der Waals surface area (Å²) in [7, 11) is -3.54. The van der Waals surface area contributed by atoms with Crippen molar-refractivity contribution in [2.45, 2.75) is 37.1 Å². The highest BCUT2D eigenvalue weighted by Gasteiger charge is 2.30. The lowest BCUT2D eigenvalue weighted by molar-refractivity contribution is 0.268. The first-order chi connectivity index (χ1) is 8.01. The lowest BCUT2D eigenvalue weighted by atomic mass is 10.1. The molecule has 3 nitrogen and oxygen atoms in total. The van der Waals surface area contributed by atoms with E-state index in [9.17, 15) is 12.8 Å². The van der Waals surface area contributed by atoms with Gasteiger partial charge >= 0.3 is 0 Å². The molecule has 0 bridgehead atoms. The fraction of sp³-hybridized carbons (Fsp3) is 0.500. The van der Waals surface area contributed by atoms with Gasteiger partial charge < -0.3 is 0 Å². The number of sulfonamides is 1. The van der Waals surface area contributed by atoms with E-state index in [4.69, 9.17) is 0 Å². The Morgan fingerprint density at radius 2 is 2.12 bits per heavy atom. The van der Waals surface area contributed by atoms with E-state index in [2.05, 4.69) is 0 Å². The van der Waals surface area contributed by atoms with E-state index in [1.165, 1.54) is 22.5 Å². The van der Waals surface area contributed by atoms with Crippen LogP contribution in [-0.2, 0) is 10.0 Å². The molecule has 0 saturated carbocycles. The largest absolute Gasteiger partial charge is 0.243 e. The standard InChI is InChI=1S/C12H16FNO2S/c1-10-5-2-3-8-14(10)17(15,16)12-7-4-6-11(13)9-12/h4,6-7,9-10H,2-3,5,8H2,1H3. The maximum absolute atomic E-state index is 13.1. The molecular formula is C12H16FNO2S. The van der Waals surface area contributed by atoms with E-state index < -0.39 is 15.8 Å². The molecule has 1 heterocycles. The molecule has 1 aliphatic heterocycles. The Bertz CT molecular complexity index is 501. The first kappa shape index (κ1) is 12.5.